The van der Waals surface area contributed by atoms with Crippen molar-refractivity contribution in [2.75, 3.05) is 6.61 Å². The van der Waals surface area contributed by atoms with Crippen LogP contribution in [0.15, 0.2) is 65.3 Å². The summed E-state index contributed by atoms with van der Waals surface area (Å²) in [4.78, 5) is 13.8. The van der Waals surface area contributed by atoms with Crippen LogP contribution in [0.25, 0.3) is 6.08 Å². The molecule has 2 aromatic rings. The lowest BCUT2D eigenvalue weighted by atomic mass is 10.2. The number of carbonyl (C=O) groups is 1. The number of rotatable bonds is 5. The van der Waals surface area contributed by atoms with Crippen molar-refractivity contribution in [1.82, 2.24) is 4.90 Å². The Kier molecular flexibility index (Phi) is 6.22. The van der Waals surface area contributed by atoms with Gasteiger partial charge in [-0.05, 0) is 40.1 Å². The van der Waals surface area contributed by atoms with Crippen molar-refractivity contribution in [1.29, 1.82) is 0 Å². The lowest BCUT2D eigenvalue weighted by Gasteiger charge is -2.21. The molecule has 114 valence electrons. The van der Waals surface area contributed by atoms with Gasteiger partial charge in [0, 0.05) is 0 Å². The van der Waals surface area contributed by atoms with Gasteiger partial charge >= 0.3 is 6.09 Å². The molecule has 0 unspecified atom stereocenters. The molecule has 0 aromatic heterocycles. The maximum Gasteiger partial charge on any atom is 0.415 e. The quantitative estimate of drug-likeness (QED) is 0.700. The van der Waals surface area contributed by atoms with Crippen LogP contribution in [0.1, 0.15) is 18.1 Å². The minimum Gasteiger partial charge on any atom is -0.449 e. The second-order valence-corrected chi connectivity index (χ2v) is 5.46. The molecule has 0 N–H and O–H groups in total. The van der Waals surface area contributed by atoms with Crippen molar-refractivity contribution < 1.29 is 9.53 Å². The lowest BCUT2D eigenvalue weighted by molar-refractivity contribution is 0.120. The van der Waals surface area contributed by atoms with Gasteiger partial charge in [-0.1, -0.05) is 60.7 Å². The van der Waals surface area contributed by atoms with E-state index in [4.69, 9.17) is 4.74 Å². The molecule has 0 heterocycles. The van der Waals surface area contributed by atoms with Gasteiger partial charge in [0.25, 0.3) is 0 Å². The van der Waals surface area contributed by atoms with Crippen molar-refractivity contribution in [2.24, 2.45) is 0 Å². The second-order valence-electron chi connectivity index (χ2n) is 4.65. The Hall–Kier alpha value is -2.07. The molecule has 22 heavy (non-hydrogen) atoms. The molecule has 0 fully saturated rings. The summed E-state index contributed by atoms with van der Waals surface area (Å²) in [6, 6.07) is 19.6. The molecule has 0 aliphatic heterocycles. The van der Waals surface area contributed by atoms with E-state index < -0.39 is 0 Å². The van der Waals surface area contributed by atoms with Crippen molar-refractivity contribution in [2.45, 2.75) is 13.5 Å². The van der Waals surface area contributed by atoms with Gasteiger partial charge in [-0.2, -0.15) is 0 Å². The SMILES string of the molecule is CCOC(=O)N(Cc1ccccc1)/C(Br)=C\c1ccccc1. The average Bonchev–Trinajstić information content (AvgIpc) is 2.54. The Balaban J connectivity index is 2.23. The minimum absolute atomic E-state index is 0.343. The summed E-state index contributed by atoms with van der Waals surface area (Å²) in [5.41, 5.74) is 2.05. The Labute approximate surface area is 139 Å². The highest BCUT2D eigenvalue weighted by molar-refractivity contribution is 9.11. The van der Waals surface area contributed by atoms with Crippen molar-refractivity contribution in [3.8, 4) is 0 Å². The van der Waals surface area contributed by atoms with E-state index in [2.05, 4.69) is 15.9 Å². The second kappa shape index (κ2) is 8.39. The van der Waals surface area contributed by atoms with Gasteiger partial charge in [-0.3, -0.25) is 4.90 Å². The largest absolute Gasteiger partial charge is 0.449 e. The summed E-state index contributed by atoms with van der Waals surface area (Å²) in [5.74, 6) is 0. The number of hydrogen-bond acceptors (Lipinski definition) is 2. The number of amides is 1. The first-order chi connectivity index (χ1) is 10.7. The topological polar surface area (TPSA) is 29.5 Å². The predicted octanol–water partition coefficient (Wildman–Crippen LogP) is 5.04. The lowest BCUT2D eigenvalue weighted by Crippen LogP contribution is -2.28. The summed E-state index contributed by atoms with van der Waals surface area (Å²) in [6.07, 6.45) is 1.53. The van der Waals surface area contributed by atoms with Gasteiger partial charge in [0.1, 0.15) is 0 Å². The van der Waals surface area contributed by atoms with E-state index in [1.807, 2.05) is 66.7 Å². The van der Waals surface area contributed by atoms with Crippen LogP contribution in [0, 0.1) is 0 Å². The summed E-state index contributed by atoms with van der Waals surface area (Å²) >= 11 is 3.50. The van der Waals surface area contributed by atoms with Crippen LogP contribution in [-0.2, 0) is 11.3 Å². The zero-order chi connectivity index (χ0) is 15.8. The van der Waals surface area contributed by atoms with Crippen molar-refractivity contribution >= 4 is 28.1 Å². The summed E-state index contributed by atoms with van der Waals surface area (Å²) in [7, 11) is 0. The highest BCUT2D eigenvalue weighted by Gasteiger charge is 2.18. The molecule has 0 spiro atoms. The average molecular weight is 360 g/mol. The molecule has 0 atom stereocenters. The fourth-order valence-corrected chi connectivity index (χ4v) is 2.49. The Bertz CT molecular complexity index is 626. The van der Waals surface area contributed by atoms with E-state index in [1.165, 1.54) is 0 Å². The number of carbonyl (C=O) groups excluding carboxylic acids is 1. The van der Waals surface area contributed by atoms with Crippen LogP contribution in [0.3, 0.4) is 0 Å². The number of halogens is 1. The molecule has 0 aliphatic rings. The third kappa shape index (κ3) is 4.74. The van der Waals surface area contributed by atoms with E-state index in [-0.39, 0.29) is 6.09 Å². The van der Waals surface area contributed by atoms with E-state index in [0.717, 1.165) is 11.1 Å². The standard InChI is InChI=1S/C18H18BrNO2/c1-2-22-18(21)20(14-16-11-7-4-8-12-16)17(19)13-15-9-5-3-6-10-15/h3-13H,2,14H2,1H3/b17-13-. The van der Waals surface area contributed by atoms with Crippen LogP contribution in [-0.4, -0.2) is 17.6 Å². The third-order valence-corrected chi connectivity index (χ3v) is 3.67. The number of nitrogens with zero attached hydrogens (tertiary/aromatic N) is 1. The number of hydrogen-bond donors (Lipinski definition) is 0. The Morgan fingerprint density at radius 2 is 1.68 bits per heavy atom. The molecule has 4 heteroatoms. The number of ether oxygens (including phenoxy) is 1. The minimum atomic E-state index is -0.370. The van der Waals surface area contributed by atoms with Gasteiger partial charge in [-0.15, -0.1) is 0 Å². The highest BCUT2D eigenvalue weighted by atomic mass is 79.9. The maximum atomic E-state index is 12.2. The van der Waals surface area contributed by atoms with Crippen molar-refractivity contribution in [3.05, 3.63) is 76.4 Å². The third-order valence-electron chi connectivity index (χ3n) is 3.01. The van der Waals surface area contributed by atoms with Crippen LogP contribution >= 0.6 is 15.9 Å². The Morgan fingerprint density at radius 3 is 2.27 bits per heavy atom. The van der Waals surface area contributed by atoms with E-state index in [9.17, 15) is 4.79 Å². The first-order valence-corrected chi connectivity index (χ1v) is 7.90. The molecular weight excluding hydrogens is 342 g/mol. The number of benzene rings is 2. The summed E-state index contributed by atoms with van der Waals surface area (Å²) in [5, 5.41) is 0. The van der Waals surface area contributed by atoms with E-state index in [1.54, 1.807) is 11.8 Å². The van der Waals surface area contributed by atoms with Gasteiger partial charge in [0.15, 0.2) is 0 Å². The zero-order valence-corrected chi connectivity index (χ0v) is 14.0. The predicted molar refractivity (Wildman–Crippen MR) is 92.4 cm³/mol. The monoisotopic (exact) mass is 359 g/mol. The van der Waals surface area contributed by atoms with Crippen LogP contribution in [0.2, 0.25) is 0 Å². The van der Waals surface area contributed by atoms with Gasteiger partial charge in [0.05, 0.1) is 17.8 Å². The molecule has 0 bridgehead atoms. The molecular formula is C18H18BrNO2. The molecule has 2 rings (SSSR count). The highest BCUT2D eigenvalue weighted by Crippen LogP contribution is 2.21. The van der Waals surface area contributed by atoms with Crippen LogP contribution in [0.4, 0.5) is 4.79 Å². The van der Waals surface area contributed by atoms with Gasteiger partial charge < -0.3 is 4.74 Å². The molecule has 0 saturated heterocycles. The molecule has 2 aromatic carbocycles. The zero-order valence-electron chi connectivity index (χ0n) is 12.4. The fraction of sp³-hybridized carbons (Fsp3) is 0.167. The fourth-order valence-electron chi connectivity index (χ4n) is 1.96. The Morgan fingerprint density at radius 1 is 1.09 bits per heavy atom. The van der Waals surface area contributed by atoms with Crippen LogP contribution in [0.5, 0.6) is 0 Å². The van der Waals surface area contributed by atoms with E-state index >= 15 is 0 Å². The van der Waals surface area contributed by atoms with Crippen LogP contribution < -0.4 is 0 Å². The molecule has 3 nitrogen and oxygen atoms in total. The van der Waals surface area contributed by atoms with Crippen molar-refractivity contribution in [3.63, 3.8) is 0 Å². The molecule has 0 saturated carbocycles. The molecule has 1 amide bonds. The summed E-state index contributed by atoms with van der Waals surface area (Å²) < 4.78 is 5.82. The first kappa shape index (κ1) is 16.3. The van der Waals surface area contributed by atoms with Gasteiger partial charge in [-0.25, -0.2) is 4.79 Å². The smallest absolute Gasteiger partial charge is 0.415 e. The summed E-state index contributed by atoms with van der Waals surface area (Å²) in [6.45, 7) is 2.59. The van der Waals surface area contributed by atoms with E-state index in [0.29, 0.717) is 17.8 Å². The van der Waals surface area contributed by atoms with Gasteiger partial charge in [0.2, 0.25) is 0 Å². The first-order valence-electron chi connectivity index (χ1n) is 7.11. The molecule has 0 aliphatic carbocycles. The molecule has 0 radical (unpaired) electrons. The maximum absolute atomic E-state index is 12.2. The normalized spacial score (nSPS) is 11.1.